The van der Waals surface area contributed by atoms with Crippen LogP contribution in [0, 0.1) is 0 Å². The third-order valence-corrected chi connectivity index (χ3v) is 5.27. The molecule has 116 valence electrons. The minimum absolute atomic E-state index is 0.0239. The fraction of sp³-hybridized carbons (Fsp3) is 0.500. The summed E-state index contributed by atoms with van der Waals surface area (Å²) in [5, 5.41) is 10.4. The third-order valence-electron chi connectivity index (χ3n) is 3.35. The molecule has 0 aliphatic carbocycles. The molecule has 1 amide bonds. The Morgan fingerprint density at radius 2 is 1.95 bits per heavy atom. The molecular formula is C14H18ClNO4S. The van der Waals surface area contributed by atoms with Crippen LogP contribution in [-0.2, 0) is 20.4 Å². The molecule has 1 heterocycles. The number of carbonyl (C=O) groups is 1. The molecule has 21 heavy (non-hydrogen) atoms. The van der Waals surface area contributed by atoms with Crippen molar-refractivity contribution in [3.05, 3.63) is 34.9 Å². The van der Waals surface area contributed by atoms with Gasteiger partial charge in [-0.15, -0.1) is 0 Å². The van der Waals surface area contributed by atoms with Crippen LogP contribution in [0.5, 0.6) is 0 Å². The number of sulfone groups is 1. The van der Waals surface area contributed by atoms with E-state index in [1.54, 1.807) is 24.3 Å². The molecular weight excluding hydrogens is 314 g/mol. The van der Waals surface area contributed by atoms with E-state index in [1.807, 2.05) is 0 Å². The van der Waals surface area contributed by atoms with Gasteiger partial charge in [0.2, 0.25) is 5.91 Å². The van der Waals surface area contributed by atoms with Crippen LogP contribution in [0.3, 0.4) is 0 Å². The van der Waals surface area contributed by atoms with Crippen molar-refractivity contribution in [3.8, 4) is 0 Å². The first-order valence-electron chi connectivity index (χ1n) is 6.76. The highest BCUT2D eigenvalue weighted by Gasteiger charge is 2.25. The van der Waals surface area contributed by atoms with Crippen molar-refractivity contribution in [1.82, 2.24) is 4.90 Å². The van der Waals surface area contributed by atoms with E-state index < -0.39 is 15.9 Å². The van der Waals surface area contributed by atoms with Crippen LogP contribution in [0.15, 0.2) is 24.3 Å². The van der Waals surface area contributed by atoms with E-state index in [1.165, 1.54) is 4.90 Å². The smallest absolute Gasteiger partial charge is 0.222 e. The van der Waals surface area contributed by atoms with E-state index >= 15 is 0 Å². The van der Waals surface area contributed by atoms with Crippen molar-refractivity contribution < 1.29 is 18.3 Å². The van der Waals surface area contributed by atoms with E-state index in [9.17, 15) is 18.3 Å². The summed E-state index contributed by atoms with van der Waals surface area (Å²) in [5.41, 5.74) is 0.629. The molecule has 0 bridgehead atoms. The fourth-order valence-corrected chi connectivity index (χ4v) is 4.03. The number of halogens is 1. The normalized spacial score (nSPS) is 17.2. The number of aliphatic hydroxyl groups excluding tert-OH is 1. The second-order valence-corrected chi connectivity index (χ2v) is 7.82. The van der Waals surface area contributed by atoms with Crippen molar-refractivity contribution in [2.45, 2.75) is 24.7 Å². The number of benzene rings is 1. The highest BCUT2D eigenvalue weighted by Crippen LogP contribution is 2.14. The van der Waals surface area contributed by atoms with Gasteiger partial charge in [0.15, 0.2) is 9.84 Å². The van der Waals surface area contributed by atoms with Crippen molar-refractivity contribution in [2.75, 3.05) is 18.8 Å². The number of rotatable bonds is 6. The molecule has 1 aliphatic heterocycles. The van der Waals surface area contributed by atoms with E-state index in [0.29, 0.717) is 23.6 Å². The van der Waals surface area contributed by atoms with Gasteiger partial charge in [-0.2, -0.15) is 0 Å². The zero-order valence-electron chi connectivity index (χ0n) is 11.5. The molecule has 0 unspecified atom stereocenters. The van der Waals surface area contributed by atoms with Gasteiger partial charge < -0.3 is 10.0 Å². The minimum atomic E-state index is -3.44. The lowest BCUT2D eigenvalue weighted by Crippen LogP contribution is -2.37. The molecule has 0 spiro atoms. The molecule has 1 N–H and O–H groups in total. The maximum Gasteiger partial charge on any atom is 0.222 e. The Hall–Kier alpha value is -1.11. The predicted molar refractivity (Wildman–Crippen MR) is 80.8 cm³/mol. The summed E-state index contributed by atoms with van der Waals surface area (Å²) < 4.78 is 24.1. The lowest BCUT2D eigenvalue weighted by Gasteiger charge is -2.19. The SMILES string of the molecule is O=C1CCCN1C[C@H](O)CS(=O)(=O)Cc1ccc(Cl)cc1. The molecule has 1 fully saturated rings. The molecule has 1 aliphatic rings. The van der Waals surface area contributed by atoms with Gasteiger partial charge in [0.25, 0.3) is 0 Å². The van der Waals surface area contributed by atoms with Gasteiger partial charge in [-0.25, -0.2) is 8.42 Å². The van der Waals surface area contributed by atoms with Crippen LogP contribution in [0.25, 0.3) is 0 Å². The summed E-state index contributed by atoms with van der Waals surface area (Å²) in [7, 11) is -3.44. The summed E-state index contributed by atoms with van der Waals surface area (Å²) >= 11 is 5.75. The summed E-state index contributed by atoms with van der Waals surface area (Å²) in [4.78, 5) is 13.0. The molecule has 1 aromatic carbocycles. The van der Waals surface area contributed by atoms with Crippen molar-refractivity contribution in [2.24, 2.45) is 0 Å². The maximum atomic E-state index is 12.1. The fourth-order valence-electron chi connectivity index (χ4n) is 2.39. The molecule has 0 aromatic heterocycles. The average Bonchev–Trinajstić information content (AvgIpc) is 2.77. The summed E-state index contributed by atoms with van der Waals surface area (Å²) in [6.45, 7) is 0.672. The zero-order valence-corrected chi connectivity index (χ0v) is 13.1. The van der Waals surface area contributed by atoms with Gasteiger partial charge in [-0.1, -0.05) is 23.7 Å². The van der Waals surface area contributed by atoms with Crippen LogP contribution in [-0.4, -0.2) is 49.3 Å². The summed E-state index contributed by atoms with van der Waals surface area (Å²) in [5.74, 6) is -0.515. The Balaban J connectivity index is 1.90. The first-order chi connectivity index (χ1) is 9.85. The Kier molecular flexibility index (Phi) is 5.24. The highest BCUT2D eigenvalue weighted by atomic mass is 35.5. The average molecular weight is 332 g/mol. The van der Waals surface area contributed by atoms with Crippen molar-refractivity contribution in [1.29, 1.82) is 0 Å². The molecule has 2 rings (SSSR count). The van der Waals surface area contributed by atoms with Crippen molar-refractivity contribution in [3.63, 3.8) is 0 Å². The number of hydrogen-bond donors (Lipinski definition) is 1. The zero-order chi connectivity index (χ0) is 15.5. The lowest BCUT2D eigenvalue weighted by molar-refractivity contribution is -0.128. The van der Waals surface area contributed by atoms with Gasteiger partial charge in [0, 0.05) is 24.5 Å². The van der Waals surface area contributed by atoms with Gasteiger partial charge in [0.05, 0.1) is 17.6 Å². The third kappa shape index (κ3) is 4.98. The van der Waals surface area contributed by atoms with E-state index in [2.05, 4.69) is 0 Å². The maximum absolute atomic E-state index is 12.1. The van der Waals surface area contributed by atoms with E-state index in [-0.39, 0.29) is 24.0 Å². The Morgan fingerprint density at radius 3 is 2.52 bits per heavy atom. The molecule has 7 heteroatoms. The summed E-state index contributed by atoms with van der Waals surface area (Å²) in [6, 6.07) is 6.56. The molecule has 1 aromatic rings. The molecule has 0 radical (unpaired) electrons. The van der Waals surface area contributed by atoms with Gasteiger partial charge in [-0.3, -0.25) is 4.79 Å². The predicted octanol–water partition coefficient (Wildman–Crippen LogP) is 1.24. The Labute approximate surface area is 129 Å². The van der Waals surface area contributed by atoms with Crippen molar-refractivity contribution >= 4 is 27.3 Å². The van der Waals surface area contributed by atoms with E-state index in [0.717, 1.165) is 6.42 Å². The van der Waals surface area contributed by atoms with Gasteiger partial charge in [0.1, 0.15) is 0 Å². The topological polar surface area (TPSA) is 74.7 Å². The monoisotopic (exact) mass is 331 g/mol. The van der Waals surface area contributed by atoms with Crippen LogP contribution < -0.4 is 0 Å². The Morgan fingerprint density at radius 1 is 1.29 bits per heavy atom. The minimum Gasteiger partial charge on any atom is -0.390 e. The first kappa shape index (κ1) is 16.3. The van der Waals surface area contributed by atoms with Crippen LogP contribution in [0.1, 0.15) is 18.4 Å². The van der Waals surface area contributed by atoms with Gasteiger partial charge in [-0.05, 0) is 24.1 Å². The number of aliphatic hydroxyl groups is 1. The number of carbonyl (C=O) groups excluding carboxylic acids is 1. The first-order valence-corrected chi connectivity index (χ1v) is 8.96. The van der Waals surface area contributed by atoms with Gasteiger partial charge >= 0.3 is 0 Å². The molecule has 5 nitrogen and oxygen atoms in total. The number of β-amino-alcohol motifs (C(OH)–C–C–N with tert-alkyl or cyclic N) is 1. The molecule has 0 saturated carbocycles. The second-order valence-electron chi connectivity index (χ2n) is 5.28. The number of likely N-dealkylation sites (tertiary alicyclic amines) is 1. The lowest BCUT2D eigenvalue weighted by atomic mass is 10.2. The summed E-state index contributed by atoms with van der Waals surface area (Å²) in [6.07, 6.45) is 0.192. The largest absolute Gasteiger partial charge is 0.390 e. The van der Waals surface area contributed by atoms with Crippen LogP contribution >= 0.6 is 11.6 Å². The Bertz CT molecular complexity index is 600. The second kappa shape index (κ2) is 6.77. The van der Waals surface area contributed by atoms with Crippen LogP contribution in [0.4, 0.5) is 0 Å². The number of amides is 1. The standard InChI is InChI=1S/C14H18ClNO4S/c15-12-5-3-11(4-6-12)9-21(19,20)10-13(17)8-16-7-1-2-14(16)18/h3-6,13,17H,1-2,7-10H2/t13-/m0/s1. The number of nitrogens with zero attached hydrogens (tertiary/aromatic N) is 1. The molecule has 1 saturated heterocycles. The highest BCUT2D eigenvalue weighted by molar-refractivity contribution is 7.90. The number of hydrogen-bond acceptors (Lipinski definition) is 4. The quantitative estimate of drug-likeness (QED) is 0.851. The van der Waals surface area contributed by atoms with E-state index in [4.69, 9.17) is 11.6 Å². The molecule has 1 atom stereocenters. The van der Waals surface area contributed by atoms with Crippen LogP contribution in [0.2, 0.25) is 5.02 Å².